The topological polar surface area (TPSA) is 86.8 Å². The van der Waals surface area contributed by atoms with E-state index in [2.05, 4.69) is 34.6 Å². The van der Waals surface area contributed by atoms with Gasteiger partial charge in [-0.3, -0.25) is 4.98 Å². The number of hydrogen-bond acceptors (Lipinski definition) is 6. The summed E-state index contributed by atoms with van der Waals surface area (Å²) in [6, 6.07) is 26.6. The minimum absolute atomic E-state index is 0.0765. The fraction of sp³-hybridized carbons (Fsp3) is 0.265. The molecule has 3 aromatic carbocycles. The zero-order valence-electron chi connectivity index (χ0n) is 23.5. The summed E-state index contributed by atoms with van der Waals surface area (Å²) < 4.78 is 17.2. The molecule has 7 heteroatoms. The first-order chi connectivity index (χ1) is 19.8. The van der Waals surface area contributed by atoms with Gasteiger partial charge in [0.25, 0.3) is 0 Å². The smallest absolute Gasteiger partial charge is 0.407 e. The van der Waals surface area contributed by atoms with Gasteiger partial charge in [0.1, 0.15) is 30.6 Å². The predicted molar refractivity (Wildman–Crippen MR) is 157 cm³/mol. The first-order valence-corrected chi connectivity index (χ1v) is 13.7. The number of pyridine rings is 1. The van der Waals surface area contributed by atoms with E-state index in [0.29, 0.717) is 12.4 Å². The third-order valence-electron chi connectivity index (χ3n) is 6.82. The fourth-order valence-corrected chi connectivity index (χ4v) is 4.96. The molecule has 1 aromatic heterocycles. The zero-order chi connectivity index (χ0) is 28.8. The molecule has 0 aliphatic heterocycles. The number of esters is 1. The van der Waals surface area contributed by atoms with Crippen molar-refractivity contribution in [2.75, 3.05) is 6.61 Å². The Morgan fingerprint density at radius 2 is 1.51 bits per heavy atom. The van der Waals surface area contributed by atoms with Crippen molar-refractivity contribution in [3.05, 3.63) is 120 Å². The van der Waals surface area contributed by atoms with Crippen LogP contribution >= 0.6 is 0 Å². The van der Waals surface area contributed by atoms with Crippen LogP contribution in [0, 0.1) is 0 Å². The van der Waals surface area contributed by atoms with Crippen molar-refractivity contribution in [2.45, 2.75) is 51.4 Å². The molecular formula is C34H34N2O5. The highest BCUT2D eigenvalue weighted by atomic mass is 16.6. The lowest BCUT2D eigenvalue weighted by Gasteiger charge is -2.25. The molecule has 0 spiro atoms. The van der Waals surface area contributed by atoms with E-state index in [1.807, 2.05) is 60.7 Å². The third kappa shape index (κ3) is 7.11. The second kappa shape index (κ2) is 12.3. The molecule has 41 heavy (non-hydrogen) atoms. The number of nitrogens with zero attached hydrogens (tertiary/aromatic N) is 1. The molecule has 1 heterocycles. The summed E-state index contributed by atoms with van der Waals surface area (Å²) in [5.41, 5.74) is 5.64. The molecule has 5 rings (SSSR count). The van der Waals surface area contributed by atoms with Crippen molar-refractivity contribution < 1.29 is 23.8 Å². The summed E-state index contributed by atoms with van der Waals surface area (Å²) in [6.07, 6.45) is 3.05. The maximum atomic E-state index is 13.1. The van der Waals surface area contributed by atoms with Crippen LogP contribution in [0.2, 0.25) is 0 Å². The largest absolute Gasteiger partial charge is 0.489 e. The first kappa shape index (κ1) is 27.9. The Bertz CT molecular complexity index is 1450. The van der Waals surface area contributed by atoms with Gasteiger partial charge < -0.3 is 19.5 Å². The number of amides is 1. The SMILES string of the molecule is CC(C)(C)OC(=O)C(Cc1ccc(OCc2cccnc2)cc1)NC(=O)OCC1c2ccccc2-c2ccccc21. The van der Waals surface area contributed by atoms with E-state index in [0.717, 1.165) is 33.4 Å². The number of alkyl carbamates (subject to hydrolysis) is 1. The Hall–Kier alpha value is -4.65. The van der Waals surface area contributed by atoms with Crippen molar-refractivity contribution in [1.82, 2.24) is 10.3 Å². The molecule has 1 unspecified atom stereocenters. The lowest BCUT2D eigenvalue weighted by molar-refractivity contribution is -0.157. The van der Waals surface area contributed by atoms with E-state index < -0.39 is 23.7 Å². The molecule has 1 aliphatic rings. The number of ether oxygens (including phenoxy) is 3. The maximum Gasteiger partial charge on any atom is 0.407 e. The van der Waals surface area contributed by atoms with Crippen LogP contribution in [0.3, 0.4) is 0 Å². The van der Waals surface area contributed by atoms with Crippen LogP contribution in [-0.2, 0) is 27.3 Å². The molecule has 1 aliphatic carbocycles. The minimum atomic E-state index is -0.924. The molecule has 0 fully saturated rings. The van der Waals surface area contributed by atoms with E-state index in [1.54, 1.807) is 33.2 Å². The Morgan fingerprint density at radius 3 is 2.12 bits per heavy atom. The van der Waals surface area contributed by atoms with Crippen molar-refractivity contribution in [1.29, 1.82) is 0 Å². The number of nitrogens with one attached hydrogen (secondary N) is 1. The number of benzene rings is 3. The van der Waals surface area contributed by atoms with E-state index in [9.17, 15) is 9.59 Å². The van der Waals surface area contributed by atoms with Crippen molar-refractivity contribution in [3.63, 3.8) is 0 Å². The molecule has 0 saturated heterocycles. The van der Waals surface area contributed by atoms with Crippen LogP contribution in [0.1, 0.15) is 48.9 Å². The van der Waals surface area contributed by atoms with Crippen LogP contribution in [0.15, 0.2) is 97.3 Å². The number of rotatable bonds is 9. The van der Waals surface area contributed by atoms with Gasteiger partial charge in [-0.2, -0.15) is 0 Å². The average Bonchev–Trinajstić information content (AvgIpc) is 3.28. The van der Waals surface area contributed by atoms with Gasteiger partial charge in [-0.15, -0.1) is 0 Å². The van der Waals surface area contributed by atoms with Gasteiger partial charge in [-0.05, 0) is 66.8 Å². The Balaban J connectivity index is 1.23. The van der Waals surface area contributed by atoms with Gasteiger partial charge in [0.2, 0.25) is 0 Å². The Kier molecular flexibility index (Phi) is 8.34. The van der Waals surface area contributed by atoms with Crippen molar-refractivity contribution in [3.8, 4) is 16.9 Å². The molecule has 210 valence electrons. The second-order valence-electron chi connectivity index (χ2n) is 11.1. The van der Waals surface area contributed by atoms with Crippen LogP contribution in [0.25, 0.3) is 11.1 Å². The molecule has 1 atom stereocenters. The predicted octanol–water partition coefficient (Wildman–Crippen LogP) is 6.45. The number of hydrogen-bond donors (Lipinski definition) is 1. The van der Waals surface area contributed by atoms with Gasteiger partial charge in [-0.25, -0.2) is 9.59 Å². The summed E-state index contributed by atoms with van der Waals surface area (Å²) in [4.78, 5) is 30.2. The fourth-order valence-electron chi connectivity index (χ4n) is 4.96. The highest BCUT2D eigenvalue weighted by molar-refractivity contribution is 5.82. The van der Waals surface area contributed by atoms with E-state index in [1.165, 1.54) is 0 Å². The van der Waals surface area contributed by atoms with E-state index >= 15 is 0 Å². The summed E-state index contributed by atoms with van der Waals surface area (Å²) in [7, 11) is 0. The monoisotopic (exact) mass is 550 g/mol. The van der Waals surface area contributed by atoms with Gasteiger partial charge in [0, 0.05) is 30.3 Å². The quantitative estimate of drug-likeness (QED) is 0.241. The lowest BCUT2D eigenvalue weighted by Crippen LogP contribution is -2.46. The van der Waals surface area contributed by atoms with Crippen LogP contribution in [0.5, 0.6) is 5.75 Å². The minimum Gasteiger partial charge on any atom is -0.489 e. The summed E-state index contributed by atoms with van der Waals surface area (Å²) >= 11 is 0. The highest BCUT2D eigenvalue weighted by Crippen LogP contribution is 2.44. The molecule has 1 amide bonds. The Morgan fingerprint density at radius 1 is 0.854 bits per heavy atom. The molecule has 1 N–H and O–H groups in total. The molecule has 0 radical (unpaired) electrons. The molecule has 7 nitrogen and oxygen atoms in total. The van der Waals surface area contributed by atoms with Gasteiger partial charge in [0.15, 0.2) is 0 Å². The summed E-state index contributed by atoms with van der Waals surface area (Å²) in [6.45, 7) is 5.94. The lowest BCUT2D eigenvalue weighted by atomic mass is 9.98. The van der Waals surface area contributed by atoms with Gasteiger partial charge in [0.05, 0.1) is 0 Å². The molecule has 0 bridgehead atoms. The van der Waals surface area contributed by atoms with E-state index in [-0.39, 0.29) is 18.9 Å². The standard InChI is InChI=1S/C34H34N2O5/c1-34(2,3)41-32(37)31(19-23-14-16-25(17-15-23)39-21-24-9-8-18-35-20-24)36-33(38)40-22-30-28-12-6-4-10-26(28)27-11-5-7-13-29(27)30/h4-18,20,30-31H,19,21-22H2,1-3H3,(H,36,38). The maximum absolute atomic E-state index is 13.1. The third-order valence-corrected chi connectivity index (χ3v) is 6.82. The summed E-state index contributed by atoms with van der Waals surface area (Å²) in [5.74, 6) is 0.0890. The van der Waals surface area contributed by atoms with E-state index in [4.69, 9.17) is 14.2 Å². The van der Waals surface area contributed by atoms with Crippen LogP contribution in [0.4, 0.5) is 4.79 Å². The average molecular weight is 551 g/mol. The normalized spacial score (nSPS) is 13.0. The van der Waals surface area contributed by atoms with Crippen molar-refractivity contribution >= 4 is 12.1 Å². The van der Waals surface area contributed by atoms with Crippen molar-refractivity contribution in [2.24, 2.45) is 0 Å². The molecule has 0 saturated carbocycles. The first-order valence-electron chi connectivity index (χ1n) is 13.7. The Labute approximate surface area is 240 Å². The zero-order valence-corrected chi connectivity index (χ0v) is 23.5. The second-order valence-corrected chi connectivity index (χ2v) is 11.1. The number of aromatic nitrogens is 1. The van der Waals surface area contributed by atoms with Gasteiger partial charge >= 0.3 is 12.1 Å². The van der Waals surface area contributed by atoms with Gasteiger partial charge in [-0.1, -0.05) is 66.7 Å². The molecule has 4 aromatic rings. The highest BCUT2D eigenvalue weighted by Gasteiger charge is 2.31. The molecular weight excluding hydrogens is 516 g/mol. The van der Waals surface area contributed by atoms with Crippen LogP contribution < -0.4 is 10.1 Å². The number of fused-ring (bicyclic) bond motifs is 3. The number of carbonyl (C=O) groups is 2. The number of carbonyl (C=O) groups excluding carboxylic acids is 2. The van der Waals surface area contributed by atoms with Crippen LogP contribution in [-0.4, -0.2) is 35.3 Å². The summed E-state index contributed by atoms with van der Waals surface area (Å²) in [5, 5.41) is 2.75.